The standard InChI is InChI=1S/C25H30N4O.C8H14FN/c1-30-24-27-21-16-25(12-7-10-18-8-6-9-19(17-26)22(18)25)13-11-20(21)23(28-24)29-14-4-2-3-5-15-29;1-8-3-2-4-10(8)6-7(9)5-8/h6,8-9H,2-5,7,10-16H2,1H3;7H,2-6H2,1H3. The highest BCUT2D eigenvalue weighted by molar-refractivity contribution is 5.55. The average Bonchev–Trinajstić information content (AvgIpc) is 3.30. The van der Waals surface area contributed by atoms with E-state index in [4.69, 9.17) is 14.7 Å². The van der Waals surface area contributed by atoms with Crippen LogP contribution in [0.15, 0.2) is 18.2 Å². The Morgan fingerprint density at radius 2 is 1.82 bits per heavy atom. The normalized spacial score (nSPS) is 29.4. The van der Waals surface area contributed by atoms with E-state index in [0.29, 0.717) is 12.6 Å². The molecular weight excluding hydrogens is 501 g/mol. The fourth-order valence-corrected chi connectivity index (χ4v) is 8.41. The third kappa shape index (κ3) is 5.09. The quantitative estimate of drug-likeness (QED) is 0.456. The summed E-state index contributed by atoms with van der Waals surface area (Å²) in [4.78, 5) is 14.4. The predicted octanol–water partition coefficient (Wildman–Crippen LogP) is 6.08. The van der Waals surface area contributed by atoms with Gasteiger partial charge in [-0.3, -0.25) is 4.90 Å². The summed E-state index contributed by atoms with van der Waals surface area (Å²) in [7, 11) is 1.66. The van der Waals surface area contributed by atoms with Gasteiger partial charge in [-0.1, -0.05) is 25.0 Å². The Bertz CT molecular complexity index is 1270. The van der Waals surface area contributed by atoms with Crippen LogP contribution < -0.4 is 9.64 Å². The number of nitriles is 1. The summed E-state index contributed by atoms with van der Waals surface area (Å²) < 4.78 is 18.4. The Morgan fingerprint density at radius 1 is 1.00 bits per heavy atom. The van der Waals surface area contributed by atoms with E-state index in [0.717, 1.165) is 75.2 Å². The molecule has 3 atom stereocenters. The highest BCUT2D eigenvalue weighted by Crippen LogP contribution is 2.49. The lowest BCUT2D eigenvalue weighted by atomic mass is 9.61. The molecule has 7 rings (SSSR count). The zero-order valence-corrected chi connectivity index (χ0v) is 24.4. The van der Waals surface area contributed by atoms with Crippen molar-refractivity contribution in [1.29, 1.82) is 5.26 Å². The monoisotopic (exact) mass is 545 g/mol. The van der Waals surface area contributed by atoms with Crippen molar-refractivity contribution in [3.63, 3.8) is 0 Å². The van der Waals surface area contributed by atoms with Crippen molar-refractivity contribution < 1.29 is 9.13 Å². The van der Waals surface area contributed by atoms with E-state index in [1.165, 1.54) is 61.6 Å². The van der Waals surface area contributed by atoms with Crippen LogP contribution in [0.5, 0.6) is 6.01 Å². The Morgan fingerprint density at radius 3 is 2.58 bits per heavy atom. The lowest BCUT2D eigenvalue weighted by Gasteiger charge is -2.43. The molecule has 3 fully saturated rings. The van der Waals surface area contributed by atoms with Crippen LogP contribution in [0.25, 0.3) is 0 Å². The lowest BCUT2D eigenvalue weighted by Crippen LogP contribution is -2.39. The highest BCUT2D eigenvalue weighted by atomic mass is 19.1. The number of nitrogens with zero attached hydrogens (tertiary/aromatic N) is 5. The molecule has 214 valence electrons. The second-order valence-corrected chi connectivity index (χ2v) is 13.0. The summed E-state index contributed by atoms with van der Waals surface area (Å²) in [5.74, 6) is 1.10. The average molecular weight is 546 g/mol. The molecule has 3 aliphatic heterocycles. The molecule has 40 heavy (non-hydrogen) atoms. The minimum atomic E-state index is -0.551. The van der Waals surface area contributed by atoms with Gasteiger partial charge in [-0.15, -0.1) is 0 Å². The SMILES string of the molecule is CC12CCCN1CC(F)C2.COc1nc2c(c(N3CCCCCC3)n1)CCC1(CCCc3cccc(C#N)c31)C2. The molecule has 0 N–H and O–H groups in total. The number of benzene rings is 1. The van der Waals surface area contributed by atoms with Crippen LogP contribution >= 0.6 is 0 Å². The molecule has 0 radical (unpaired) electrons. The van der Waals surface area contributed by atoms with Gasteiger partial charge in [0.25, 0.3) is 0 Å². The molecular formula is C33H44FN5O. The van der Waals surface area contributed by atoms with E-state index in [2.05, 4.69) is 28.9 Å². The van der Waals surface area contributed by atoms with Gasteiger partial charge in [0.05, 0.1) is 24.4 Å². The minimum absolute atomic E-state index is 0.0162. The van der Waals surface area contributed by atoms with Gasteiger partial charge in [-0.05, 0) is 94.9 Å². The van der Waals surface area contributed by atoms with E-state index in [9.17, 15) is 9.65 Å². The van der Waals surface area contributed by atoms with Gasteiger partial charge < -0.3 is 9.64 Å². The number of rotatable bonds is 2. The number of alkyl halides is 1. The Kier molecular flexibility index (Phi) is 7.74. The summed E-state index contributed by atoms with van der Waals surface area (Å²) in [6.45, 7) is 6.14. The first-order valence-electron chi connectivity index (χ1n) is 15.5. The van der Waals surface area contributed by atoms with Crippen molar-refractivity contribution in [3.8, 4) is 12.1 Å². The third-order valence-corrected chi connectivity index (χ3v) is 10.4. The molecule has 2 aromatic rings. The van der Waals surface area contributed by atoms with Gasteiger partial charge in [-0.25, -0.2) is 4.39 Å². The fourth-order valence-electron chi connectivity index (χ4n) is 8.41. The van der Waals surface area contributed by atoms with Gasteiger partial charge in [0, 0.05) is 42.6 Å². The molecule has 1 aromatic carbocycles. The van der Waals surface area contributed by atoms with Gasteiger partial charge in [0.15, 0.2) is 0 Å². The van der Waals surface area contributed by atoms with Crippen LogP contribution in [0.1, 0.15) is 99.1 Å². The number of fused-ring (bicyclic) bond motifs is 4. The summed E-state index contributed by atoms with van der Waals surface area (Å²) in [6, 6.07) is 9.21. The summed E-state index contributed by atoms with van der Waals surface area (Å²) in [5, 5.41) is 9.82. The zero-order valence-electron chi connectivity index (χ0n) is 24.4. The Labute approximate surface area is 238 Å². The summed E-state index contributed by atoms with van der Waals surface area (Å²) in [6.07, 6.45) is 14.1. The number of hydrogen-bond donors (Lipinski definition) is 0. The van der Waals surface area contributed by atoms with Crippen molar-refractivity contribution in [2.24, 2.45) is 0 Å². The maximum absolute atomic E-state index is 12.8. The van der Waals surface area contributed by atoms with Crippen molar-refractivity contribution in [2.45, 2.75) is 108 Å². The topological polar surface area (TPSA) is 65.3 Å². The molecule has 4 heterocycles. The molecule has 1 spiro atoms. The predicted molar refractivity (Wildman–Crippen MR) is 156 cm³/mol. The Hall–Kier alpha value is -2.72. The van der Waals surface area contributed by atoms with E-state index in [1.807, 2.05) is 12.1 Å². The molecule has 2 aliphatic carbocycles. The Balaban J connectivity index is 0.000000242. The van der Waals surface area contributed by atoms with Gasteiger partial charge in [-0.2, -0.15) is 15.2 Å². The minimum Gasteiger partial charge on any atom is -0.467 e. The van der Waals surface area contributed by atoms with Crippen LogP contribution in [0.2, 0.25) is 0 Å². The highest BCUT2D eigenvalue weighted by Gasteiger charge is 2.45. The molecule has 6 nitrogen and oxygen atoms in total. The van der Waals surface area contributed by atoms with Crippen LogP contribution in [0, 0.1) is 11.3 Å². The van der Waals surface area contributed by atoms with Crippen LogP contribution in [0.3, 0.4) is 0 Å². The second kappa shape index (κ2) is 11.3. The number of aromatic nitrogens is 2. The van der Waals surface area contributed by atoms with Crippen LogP contribution in [-0.4, -0.2) is 59.9 Å². The maximum Gasteiger partial charge on any atom is 0.318 e. The van der Waals surface area contributed by atoms with E-state index in [-0.39, 0.29) is 11.0 Å². The number of hydrogen-bond acceptors (Lipinski definition) is 6. The number of aryl methyl sites for hydroxylation is 1. The van der Waals surface area contributed by atoms with Gasteiger partial charge in [0.1, 0.15) is 12.0 Å². The van der Waals surface area contributed by atoms with E-state index in [1.54, 1.807) is 7.11 Å². The first kappa shape index (κ1) is 27.4. The molecule has 0 bridgehead atoms. The van der Waals surface area contributed by atoms with Crippen molar-refractivity contribution in [3.05, 3.63) is 46.1 Å². The molecule has 1 aromatic heterocycles. The van der Waals surface area contributed by atoms with Crippen LogP contribution in [0.4, 0.5) is 10.2 Å². The van der Waals surface area contributed by atoms with Crippen molar-refractivity contribution in [1.82, 2.24) is 14.9 Å². The lowest BCUT2D eigenvalue weighted by molar-refractivity contribution is 0.217. The third-order valence-electron chi connectivity index (χ3n) is 10.4. The molecule has 3 saturated heterocycles. The van der Waals surface area contributed by atoms with Gasteiger partial charge in [0.2, 0.25) is 0 Å². The maximum atomic E-state index is 12.8. The smallest absolute Gasteiger partial charge is 0.318 e. The molecule has 0 amide bonds. The molecule has 5 aliphatic rings. The first-order valence-corrected chi connectivity index (χ1v) is 15.5. The van der Waals surface area contributed by atoms with Crippen molar-refractivity contribution in [2.75, 3.05) is 38.2 Å². The molecule has 7 heteroatoms. The van der Waals surface area contributed by atoms with Gasteiger partial charge >= 0.3 is 6.01 Å². The fraction of sp³-hybridized carbons (Fsp3) is 0.667. The largest absolute Gasteiger partial charge is 0.467 e. The van der Waals surface area contributed by atoms with Crippen molar-refractivity contribution >= 4 is 5.82 Å². The number of halogens is 1. The van der Waals surface area contributed by atoms with E-state index < -0.39 is 6.17 Å². The summed E-state index contributed by atoms with van der Waals surface area (Å²) in [5.41, 5.74) is 6.19. The summed E-state index contributed by atoms with van der Waals surface area (Å²) >= 11 is 0. The van der Waals surface area contributed by atoms with Crippen LogP contribution in [-0.2, 0) is 24.7 Å². The number of anilines is 1. The number of ether oxygens (including phenoxy) is 1. The first-order chi connectivity index (χ1) is 19.4. The zero-order chi connectivity index (χ0) is 27.7. The molecule has 0 saturated carbocycles. The second-order valence-electron chi connectivity index (χ2n) is 13.0. The van der Waals surface area contributed by atoms with E-state index >= 15 is 0 Å². The number of methoxy groups -OCH3 is 1. The molecule has 3 unspecified atom stereocenters.